The number of nitrogens with zero attached hydrogens (tertiary/aromatic N) is 2. The van der Waals surface area contributed by atoms with E-state index in [-0.39, 0.29) is 21.4 Å². The monoisotopic (exact) mass is 311 g/mol. The van der Waals surface area contributed by atoms with E-state index >= 15 is 0 Å². The molecule has 0 bridgehead atoms. The minimum absolute atomic E-state index is 0.104. The summed E-state index contributed by atoms with van der Waals surface area (Å²) in [4.78, 5) is 27.5. The van der Waals surface area contributed by atoms with Gasteiger partial charge < -0.3 is 9.88 Å². The number of amides is 1. The Morgan fingerprint density at radius 1 is 1.35 bits per heavy atom. The summed E-state index contributed by atoms with van der Waals surface area (Å²) in [6.45, 7) is 1.75. The molecule has 2 rings (SSSR count). The van der Waals surface area contributed by atoms with Gasteiger partial charge in [0.05, 0.1) is 5.69 Å². The molecule has 0 spiro atoms. The number of carbonyl (C=O) groups excluding carboxylic acids is 1. The molecular weight excluding hydrogens is 301 g/mol. The van der Waals surface area contributed by atoms with Crippen LogP contribution >= 0.6 is 23.2 Å². The number of hydrogen-bond donors (Lipinski definition) is 1. The summed E-state index contributed by atoms with van der Waals surface area (Å²) in [5.74, 6) is -0.433. The highest BCUT2D eigenvalue weighted by Crippen LogP contribution is 2.26. The van der Waals surface area contributed by atoms with Gasteiger partial charge in [0, 0.05) is 24.9 Å². The molecule has 0 radical (unpaired) electrons. The molecule has 1 N–H and O–H groups in total. The van der Waals surface area contributed by atoms with Gasteiger partial charge in [-0.25, -0.2) is 4.98 Å². The number of nitrogens with one attached hydrogen (secondary N) is 1. The molecule has 0 saturated carbocycles. The molecule has 2 aromatic heterocycles. The first-order valence-electron chi connectivity index (χ1n) is 5.69. The van der Waals surface area contributed by atoms with E-state index in [1.807, 2.05) is 0 Å². The highest BCUT2D eigenvalue weighted by molar-refractivity contribution is 6.35. The van der Waals surface area contributed by atoms with Crippen molar-refractivity contribution in [3.05, 3.63) is 56.2 Å². The zero-order valence-electron chi connectivity index (χ0n) is 10.8. The average molecular weight is 312 g/mol. The first-order chi connectivity index (χ1) is 9.38. The van der Waals surface area contributed by atoms with Gasteiger partial charge in [-0.05, 0) is 24.6 Å². The molecule has 0 unspecified atom stereocenters. The van der Waals surface area contributed by atoms with Crippen molar-refractivity contribution < 1.29 is 4.79 Å². The van der Waals surface area contributed by atoms with E-state index in [0.717, 1.165) is 0 Å². The molecule has 20 heavy (non-hydrogen) atoms. The second kappa shape index (κ2) is 5.64. The molecule has 0 fully saturated rings. The Kier molecular flexibility index (Phi) is 4.11. The number of anilines is 1. The molecular formula is C13H11Cl2N3O2. The third kappa shape index (κ3) is 3.00. The van der Waals surface area contributed by atoms with Crippen molar-refractivity contribution >= 4 is 34.8 Å². The lowest BCUT2D eigenvalue weighted by molar-refractivity contribution is 0.102. The van der Waals surface area contributed by atoms with Gasteiger partial charge in [0.25, 0.3) is 11.5 Å². The molecule has 1 amide bonds. The molecule has 0 aliphatic heterocycles. The number of rotatable bonds is 2. The van der Waals surface area contributed by atoms with Crippen LogP contribution in [0, 0.1) is 6.92 Å². The second-order valence-corrected chi connectivity index (χ2v) is 4.99. The standard InChI is InChI=1S/C13H11Cl2N3O2/c1-7-5-9(14)16-12(15)11(7)17-13(20)8-3-4-18(2)10(19)6-8/h3-6H,1-2H3,(H,17,20). The van der Waals surface area contributed by atoms with Gasteiger partial charge in [-0.3, -0.25) is 9.59 Å². The van der Waals surface area contributed by atoms with Crippen LogP contribution in [0.3, 0.4) is 0 Å². The van der Waals surface area contributed by atoms with Gasteiger partial charge in [0.15, 0.2) is 5.15 Å². The van der Waals surface area contributed by atoms with Crippen LogP contribution in [0.4, 0.5) is 5.69 Å². The van der Waals surface area contributed by atoms with Crippen molar-refractivity contribution in [2.45, 2.75) is 6.92 Å². The molecule has 2 aromatic rings. The highest BCUT2D eigenvalue weighted by Gasteiger charge is 2.13. The van der Waals surface area contributed by atoms with Gasteiger partial charge in [-0.15, -0.1) is 0 Å². The Hall–Kier alpha value is -1.85. The zero-order chi connectivity index (χ0) is 14.9. The number of carbonyl (C=O) groups is 1. The second-order valence-electron chi connectivity index (χ2n) is 4.25. The summed E-state index contributed by atoms with van der Waals surface area (Å²) in [5, 5.41) is 2.98. The summed E-state index contributed by atoms with van der Waals surface area (Å²) >= 11 is 11.7. The maximum Gasteiger partial charge on any atom is 0.256 e. The largest absolute Gasteiger partial charge is 0.319 e. The fourth-order valence-electron chi connectivity index (χ4n) is 1.62. The van der Waals surface area contributed by atoms with E-state index in [0.29, 0.717) is 11.3 Å². The maximum absolute atomic E-state index is 12.1. The zero-order valence-corrected chi connectivity index (χ0v) is 12.3. The summed E-state index contributed by atoms with van der Waals surface area (Å²) < 4.78 is 1.37. The number of aromatic nitrogens is 2. The Labute approximate surface area is 125 Å². The lowest BCUT2D eigenvalue weighted by Crippen LogP contribution is -2.20. The van der Waals surface area contributed by atoms with E-state index in [4.69, 9.17) is 23.2 Å². The van der Waals surface area contributed by atoms with Crippen molar-refractivity contribution in [3.63, 3.8) is 0 Å². The first-order valence-corrected chi connectivity index (χ1v) is 6.45. The van der Waals surface area contributed by atoms with E-state index in [9.17, 15) is 9.59 Å². The van der Waals surface area contributed by atoms with Crippen molar-refractivity contribution in [1.82, 2.24) is 9.55 Å². The highest BCUT2D eigenvalue weighted by atomic mass is 35.5. The Morgan fingerprint density at radius 3 is 2.65 bits per heavy atom. The van der Waals surface area contributed by atoms with Crippen LogP contribution in [0.1, 0.15) is 15.9 Å². The Balaban J connectivity index is 2.32. The molecule has 5 nitrogen and oxygen atoms in total. The normalized spacial score (nSPS) is 10.4. The van der Waals surface area contributed by atoms with E-state index in [1.165, 1.54) is 16.8 Å². The van der Waals surface area contributed by atoms with Crippen LogP contribution in [-0.2, 0) is 7.05 Å². The van der Waals surface area contributed by atoms with Crippen LogP contribution < -0.4 is 10.9 Å². The minimum Gasteiger partial charge on any atom is -0.319 e. The van der Waals surface area contributed by atoms with Crippen molar-refractivity contribution in [2.75, 3.05) is 5.32 Å². The van der Waals surface area contributed by atoms with E-state index < -0.39 is 5.91 Å². The Bertz CT molecular complexity index is 718. The third-order valence-corrected chi connectivity index (χ3v) is 3.21. The molecule has 7 heteroatoms. The molecule has 104 valence electrons. The van der Waals surface area contributed by atoms with E-state index in [1.54, 1.807) is 26.1 Å². The molecule has 0 aliphatic rings. The number of halogens is 2. The summed E-state index contributed by atoms with van der Waals surface area (Å²) in [7, 11) is 1.61. The van der Waals surface area contributed by atoms with Gasteiger partial charge in [0.1, 0.15) is 5.15 Å². The van der Waals surface area contributed by atoms with Gasteiger partial charge >= 0.3 is 0 Å². The molecule has 0 aliphatic carbocycles. The average Bonchev–Trinajstić information content (AvgIpc) is 2.36. The van der Waals surface area contributed by atoms with Crippen LogP contribution in [0.5, 0.6) is 0 Å². The summed E-state index contributed by atoms with van der Waals surface area (Å²) in [6, 6.07) is 4.39. The lowest BCUT2D eigenvalue weighted by atomic mass is 10.2. The smallest absolute Gasteiger partial charge is 0.256 e. The topological polar surface area (TPSA) is 64.0 Å². The predicted molar refractivity (Wildman–Crippen MR) is 78.6 cm³/mol. The molecule has 2 heterocycles. The molecule has 0 saturated heterocycles. The van der Waals surface area contributed by atoms with Gasteiger partial charge in [0.2, 0.25) is 0 Å². The Morgan fingerprint density at radius 2 is 2.05 bits per heavy atom. The number of pyridine rings is 2. The van der Waals surface area contributed by atoms with Crippen molar-refractivity contribution in [2.24, 2.45) is 7.05 Å². The van der Waals surface area contributed by atoms with Crippen molar-refractivity contribution in [3.8, 4) is 0 Å². The predicted octanol–water partition coefficient (Wildman–Crippen LogP) is 2.65. The quantitative estimate of drug-likeness (QED) is 0.867. The number of hydrogen-bond acceptors (Lipinski definition) is 3. The SMILES string of the molecule is Cc1cc(Cl)nc(Cl)c1NC(=O)c1ccn(C)c(=O)c1. The first kappa shape index (κ1) is 14.6. The lowest BCUT2D eigenvalue weighted by Gasteiger charge is -2.10. The maximum atomic E-state index is 12.1. The fraction of sp³-hybridized carbons (Fsp3) is 0.154. The van der Waals surface area contributed by atoms with Crippen molar-refractivity contribution in [1.29, 1.82) is 0 Å². The third-order valence-electron chi connectivity index (χ3n) is 2.75. The summed E-state index contributed by atoms with van der Waals surface area (Å²) in [5.41, 5.74) is 1.04. The van der Waals surface area contributed by atoms with Crippen LogP contribution in [0.15, 0.2) is 29.2 Å². The number of aryl methyl sites for hydroxylation is 2. The van der Waals surface area contributed by atoms with Crippen LogP contribution in [0.25, 0.3) is 0 Å². The molecule has 0 aromatic carbocycles. The van der Waals surface area contributed by atoms with E-state index in [2.05, 4.69) is 10.3 Å². The fourth-order valence-corrected chi connectivity index (χ4v) is 2.20. The summed E-state index contributed by atoms with van der Waals surface area (Å²) in [6.07, 6.45) is 1.52. The molecule has 0 atom stereocenters. The van der Waals surface area contributed by atoms with Crippen LogP contribution in [0.2, 0.25) is 10.3 Å². The minimum atomic E-state index is -0.433. The van der Waals surface area contributed by atoms with Gasteiger partial charge in [-0.2, -0.15) is 0 Å². The van der Waals surface area contributed by atoms with Crippen LogP contribution in [-0.4, -0.2) is 15.5 Å². The van der Waals surface area contributed by atoms with Gasteiger partial charge in [-0.1, -0.05) is 23.2 Å².